The number of halogens is 1. The number of hydrogen-bond donors (Lipinski definition) is 0. The summed E-state index contributed by atoms with van der Waals surface area (Å²) in [5, 5.41) is 10.9. The van der Waals surface area contributed by atoms with Crippen LogP contribution in [0.25, 0.3) is 6.08 Å². The van der Waals surface area contributed by atoms with Crippen LogP contribution in [-0.4, -0.2) is 22.1 Å². The summed E-state index contributed by atoms with van der Waals surface area (Å²) >= 11 is 4.79. The number of nitrogens with zero attached hydrogens (tertiary/aromatic N) is 3. The third-order valence-electron chi connectivity index (χ3n) is 6.43. The molecule has 208 valence electrons. The number of carbonyl (C=O) groups excluding carboxylic acids is 1. The number of fused-ring (bicyclic) bond motifs is 1. The third kappa shape index (κ3) is 5.91. The van der Waals surface area contributed by atoms with Crippen LogP contribution in [0.4, 0.5) is 5.69 Å². The lowest BCUT2D eigenvalue weighted by Crippen LogP contribution is -2.39. The van der Waals surface area contributed by atoms with Gasteiger partial charge in [-0.25, -0.2) is 9.79 Å². The van der Waals surface area contributed by atoms with Gasteiger partial charge in [0.05, 0.1) is 37.8 Å². The number of carbonyl (C=O) groups is 1. The highest BCUT2D eigenvalue weighted by molar-refractivity contribution is 9.10. The topological polar surface area (TPSA) is 113 Å². The van der Waals surface area contributed by atoms with E-state index in [-0.39, 0.29) is 24.5 Å². The van der Waals surface area contributed by atoms with Gasteiger partial charge >= 0.3 is 5.97 Å². The number of thiazole rings is 1. The minimum atomic E-state index is -0.657. The Balaban J connectivity index is 1.46. The molecule has 1 atom stereocenters. The summed E-state index contributed by atoms with van der Waals surface area (Å²) in [6.07, 6.45) is 1.78. The van der Waals surface area contributed by atoms with E-state index in [2.05, 4.69) is 20.9 Å². The van der Waals surface area contributed by atoms with Crippen molar-refractivity contribution in [3.05, 3.63) is 135 Å². The van der Waals surface area contributed by atoms with E-state index in [1.54, 1.807) is 42.7 Å². The first-order valence-electron chi connectivity index (χ1n) is 12.7. The quantitative estimate of drug-likeness (QED) is 0.152. The van der Waals surface area contributed by atoms with E-state index in [4.69, 9.17) is 9.47 Å². The van der Waals surface area contributed by atoms with Crippen molar-refractivity contribution in [2.75, 3.05) is 6.61 Å². The van der Waals surface area contributed by atoms with Gasteiger partial charge in [0.25, 0.3) is 11.2 Å². The Bertz CT molecular complexity index is 1850. The molecule has 0 saturated heterocycles. The molecule has 0 unspecified atom stereocenters. The number of nitro benzene ring substituents is 1. The second kappa shape index (κ2) is 12.0. The Labute approximate surface area is 247 Å². The maximum absolute atomic E-state index is 13.7. The first-order valence-corrected chi connectivity index (χ1v) is 14.3. The van der Waals surface area contributed by atoms with E-state index >= 15 is 0 Å². The first-order chi connectivity index (χ1) is 19.8. The zero-order valence-corrected chi connectivity index (χ0v) is 24.5. The molecule has 4 aromatic rings. The van der Waals surface area contributed by atoms with Crippen LogP contribution in [0.15, 0.2) is 98.3 Å². The van der Waals surface area contributed by atoms with Crippen LogP contribution in [0.1, 0.15) is 36.6 Å². The van der Waals surface area contributed by atoms with Crippen LogP contribution in [-0.2, 0) is 16.1 Å². The summed E-state index contributed by atoms with van der Waals surface area (Å²) in [7, 11) is 0. The number of non-ortho nitro benzene ring substituents is 1. The zero-order valence-electron chi connectivity index (χ0n) is 22.1. The van der Waals surface area contributed by atoms with Crippen LogP contribution in [0.3, 0.4) is 0 Å². The van der Waals surface area contributed by atoms with E-state index in [1.165, 1.54) is 23.5 Å². The van der Waals surface area contributed by atoms with Gasteiger partial charge in [0.15, 0.2) is 4.80 Å². The van der Waals surface area contributed by atoms with Gasteiger partial charge < -0.3 is 9.47 Å². The zero-order chi connectivity index (χ0) is 29.1. The molecule has 3 aromatic carbocycles. The standard InChI is InChI=1S/C30H24BrN3O6S/c1-3-39-29(36)26-18(2)32-30-33(27(26)21-7-5-4-6-8-21)28(35)25(41-30)16-20-11-14-24(23(31)15-20)40-17-19-9-12-22(13-10-19)34(37)38/h4-16,27H,3,17H2,1-2H3/b25-16-/t27-/m1/s1. The van der Waals surface area contributed by atoms with Gasteiger partial charge in [-0.15, -0.1) is 0 Å². The molecule has 1 aromatic heterocycles. The molecule has 41 heavy (non-hydrogen) atoms. The molecule has 5 rings (SSSR count). The van der Waals surface area contributed by atoms with Gasteiger partial charge in [-0.1, -0.05) is 47.7 Å². The van der Waals surface area contributed by atoms with Gasteiger partial charge in [0, 0.05) is 12.1 Å². The summed E-state index contributed by atoms with van der Waals surface area (Å²) in [5.41, 5.74) is 2.96. The van der Waals surface area contributed by atoms with Crippen LogP contribution >= 0.6 is 27.3 Å². The van der Waals surface area contributed by atoms with E-state index in [9.17, 15) is 19.7 Å². The van der Waals surface area contributed by atoms with Crippen LogP contribution in [0, 0.1) is 10.1 Å². The largest absolute Gasteiger partial charge is 0.488 e. The van der Waals surface area contributed by atoms with Gasteiger partial charge in [-0.05, 0) is 76.8 Å². The van der Waals surface area contributed by atoms with Crippen LogP contribution < -0.4 is 19.6 Å². The van der Waals surface area contributed by atoms with Crippen molar-refractivity contribution < 1.29 is 19.2 Å². The van der Waals surface area contributed by atoms with E-state index in [0.717, 1.165) is 16.7 Å². The molecular formula is C30H24BrN3O6S. The van der Waals surface area contributed by atoms with Crippen molar-refractivity contribution in [1.82, 2.24) is 4.57 Å². The molecule has 0 saturated carbocycles. The monoisotopic (exact) mass is 633 g/mol. The van der Waals surface area contributed by atoms with E-state index in [1.807, 2.05) is 42.5 Å². The number of allylic oxidation sites excluding steroid dienone is 1. The number of benzene rings is 3. The number of hydrogen-bond acceptors (Lipinski definition) is 8. The lowest BCUT2D eigenvalue weighted by molar-refractivity contribution is -0.384. The molecule has 0 bridgehead atoms. The minimum absolute atomic E-state index is 0.0203. The molecule has 0 fully saturated rings. The van der Waals surface area contributed by atoms with Gasteiger partial charge in [-0.2, -0.15) is 0 Å². The van der Waals surface area contributed by atoms with Gasteiger partial charge in [0.2, 0.25) is 0 Å². The predicted octanol–water partition coefficient (Wildman–Crippen LogP) is 5.05. The Hall–Kier alpha value is -4.35. The lowest BCUT2D eigenvalue weighted by atomic mass is 9.96. The van der Waals surface area contributed by atoms with Gasteiger partial charge in [0.1, 0.15) is 12.4 Å². The fourth-order valence-electron chi connectivity index (χ4n) is 4.49. The third-order valence-corrected chi connectivity index (χ3v) is 8.03. The second-order valence-corrected chi connectivity index (χ2v) is 11.0. The van der Waals surface area contributed by atoms with Crippen molar-refractivity contribution >= 4 is 45.0 Å². The Morgan fingerprint density at radius 1 is 1.15 bits per heavy atom. The Morgan fingerprint density at radius 3 is 2.54 bits per heavy atom. The summed E-state index contributed by atoms with van der Waals surface area (Å²) < 4.78 is 13.9. The molecule has 0 aliphatic carbocycles. The number of aromatic nitrogens is 1. The fourth-order valence-corrected chi connectivity index (χ4v) is 6.05. The normalized spacial score (nSPS) is 14.8. The van der Waals surface area contributed by atoms with Gasteiger partial charge in [-0.3, -0.25) is 19.5 Å². The molecule has 0 radical (unpaired) electrons. The van der Waals surface area contributed by atoms with Crippen LogP contribution in [0.5, 0.6) is 5.75 Å². The average molecular weight is 635 g/mol. The number of nitro groups is 1. The van der Waals surface area contributed by atoms with Crippen molar-refractivity contribution in [3.63, 3.8) is 0 Å². The minimum Gasteiger partial charge on any atom is -0.488 e. The van der Waals surface area contributed by atoms with Crippen molar-refractivity contribution in [3.8, 4) is 5.75 Å². The molecule has 0 N–H and O–H groups in total. The number of rotatable bonds is 8. The Morgan fingerprint density at radius 2 is 1.88 bits per heavy atom. The molecule has 1 aliphatic rings. The molecule has 9 nitrogen and oxygen atoms in total. The lowest BCUT2D eigenvalue weighted by Gasteiger charge is -2.24. The molecular weight excluding hydrogens is 610 g/mol. The molecule has 0 amide bonds. The highest BCUT2D eigenvalue weighted by atomic mass is 79.9. The predicted molar refractivity (Wildman–Crippen MR) is 158 cm³/mol. The first kappa shape index (κ1) is 28.2. The fraction of sp³-hybridized carbons (Fsp3) is 0.167. The molecule has 11 heteroatoms. The van der Waals surface area contributed by atoms with E-state index in [0.29, 0.717) is 30.8 Å². The summed E-state index contributed by atoms with van der Waals surface area (Å²) in [6, 6.07) is 20.4. The SMILES string of the molecule is CCOC(=O)C1=C(C)N=c2s/c(=C\c3ccc(OCc4ccc([N+](=O)[O-])cc4)c(Br)c3)c(=O)n2[C@@H]1c1ccccc1. The summed E-state index contributed by atoms with van der Waals surface area (Å²) in [6.45, 7) is 3.94. The van der Waals surface area contributed by atoms with Crippen molar-refractivity contribution in [2.45, 2.75) is 26.5 Å². The van der Waals surface area contributed by atoms with Crippen LogP contribution in [0.2, 0.25) is 0 Å². The van der Waals surface area contributed by atoms with E-state index < -0.39 is 16.9 Å². The molecule has 0 spiro atoms. The second-order valence-electron chi connectivity index (χ2n) is 9.12. The summed E-state index contributed by atoms with van der Waals surface area (Å²) in [4.78, 5) is 42.2. The van der Waals surface area contributed by atoms with Crippen molar-refractivity contribution in [1.29, 1.82) is 0 Å². The highest BCUT2D eigenvalue weighted by Crippen LogP contribution is 2.31. The number of esters is 1. The van der Waals surface area contributed by atoms with Crippen molar-refractivity contribution in [2.24, 2.45) is 4.99 Å². The molecule has 1 aliphatic heterocycles. The number of ether oxygens (including phenoxy) is 2. The highest BCUT2D eigenvalue weighted by Gasteiger charge is 2.33. The maximum Gasteiger partial charge on any atom is 0.338 e. The smallest absolute Gasteiger partial charge is 0.338 e. The Kier molecular flexibility index (Phi) is 8.27. The average Bonchev–Trinajstić information content (AvgIpc) is 3.26. The molecule has 2 heterocycles. The summed E-state index contributed by atoms with van der Waals surface area (Å²) in [5.74, 6) is 0.0888. The maximum atomic E-state index is 13.7.